The molecule has 18 heavy (non-hydrogen) atoms. The normalized spacial score (nSPS) is 26.4. The molecule has 1 atom stereocenters. The van der Waals surface area contributed by atoms with Crippen molar-refractivity contribution in [2.24, 2.45) is 10.4 Å². The maximum Gasteiger partial charge on any atom is 0.148 e. The van der Waals surface area contributed by atoms with Crippen molar-refractivity contribution in [1.29, 1.82) is 0 Å². The van der Waals surface area contributed by atoms with E-state index in [0.29, 0.717) is 5.41 Å². The van der Waals surface area contributed by atoms with Gasteiger partial charge in [-0.15, -0.1) is 0 Å². The Kier molecular flexibility index (Phi) is 4.37. The number of nitrogens with zero attached hydrogens (tertiary/aromatic N) is 1. The van der Waals surface area contributed by atoms with E-state index in [1.165, 1.54) is 49.8 Å². The monoisotopic (exact) mass is 268 g/mol. The van der Waals surface area contributed by atoms with Gasteiger partial charge in [-0.2, -0.15) is 0 Å². The van der Waals surface area contributed by atoms with Gasteiger partial charge in [-0.1, -0.05) is 38.3 Å². The van der Waals surface area contributed by atoms with E-state index in [0.717, 1.165) is 12.3 Å². The molecule has 0 aromatic carbocycles. The zero-order chi connectivity index (χ0) is 13.2. The lowest BCUT2D eigenvalue weighted by Gasteiger charge is -2.43. The summed E-state index contributed by atoms with van der Waals surface area (Å²) in [5.74, 6) is 0.979. The van der Waals surface area contributed by atoms with Crippen molar-refractivity contribution in [3.8, 4) is 0 Å². The van der Waals surface area contributed by atoms with Crippen LogP contribution in [0.2, 0.25) is 0 Å². The molecule has 2 aliphatic rings. The fourth-order valence-electron chi connectivity index (χ4n) is 3.70. The molecule has 0 saturated heterocycles. The standard InChI is InChI=1S/C15H25ClN2/c1-4-8-15(9-5-2)10-6-7-12-13(15)17-11(3)18-14(12)16/h14H,4-10H2,1-3H3,(H,17,18). The summed E-state index contributed by atoms with van der Waals surface area (Å²) in [6, 6.07) is 0. The van der Waals surface area contributed by atoms with Gasteiger partial charge >= 0.3 is 0 Å². The van der Waals surface area contributed by atoms with Crippen LogP contribution in [0.15, 0.2) is 16.3 Å². The molecule has 1 unspecified atom stereocenters. The van der Waals surface area contributed by atoms with E-state index < -0.39 is 0 Å². The smallest absolute Gasteiger partial charge is 0.148 e. The minimum Gasteiger partial charge on any atom is -0.347 e. The molecule has 0 amide bonds. The summed E-state index contributed by atoms with van der Waals surface area (Å²) in [4.78, 5) is 4.47. The second kappa shape index (κ2) is 5.64. The van der Waals surface area contributed by atoms with Gasteiger partial charge in [0.2, 0.25) is 0 Å². The topological polar surface area (TPSA) is 24.4 Å². The second-order valence-electron chi connectivity index (χ2n) is 5.71. The van der Waals surface area contributed by atoms with E-state index >= 15 is 0 Å². The number of hydrogen-bond donors (Lipinski definition) is 1. The fraction of sp³-hybridized carbons (Fsp3) is 0.800. The minimum absolute atomic E-state index is 0.130. The number of amidine groups is 1. The maximum atomic E-state index is 6.43. The summed E-state index contributed by atoms with van der Waals surface area (Å²) in [6.07, 6.45) is 8.69. The third-order valence-corrected chi connectivity index (χ3v) is 4.67. The van der Waals surface area contributed by atoms with Gasteiger partial charge in [-0.3, -0.25) is 0 Å². The molecule has 2 nitrogen and oxygen atoms in total. The first-order valence-electron chi connectivity index (χ1n) is 7.32. The molecule has 0 fully saturated rings. The number of halogens is 1. The summed E-state index contributed by atoms with van der Waals surface area (Å²) < 4.78 is 0. The zero-order valence-corrected chi connectivity index (χ0v) is 12.6. The van der Waals surface area contributed by atoms with E-state index in [-0.39, 0.29) is 5.50 Å². The zero-order valence-electron chi connectivity index (χ0n) is 11.9. The molecule has 0 bridgehead atoms. The maximum absolute atomic E-state index is 6.43. The van der Waals surface area contributed by atoms with E-state index in [9.17, 15) is 0 Å². The second-order valence-corrected chi connectivity index (χ2v) is 6.12. The van der Waals surface area contributed by atoms with Gasteiger partial charge in [0.25, 0.3) is 0 Å². The van der Waals surface area contributed by atoms with Crippen LogP contribution in [0.1, 0.15) is 65.7 Å². The summed E-state index contributed by atoms with van der Waals surface area (Å²) in [7, 11) is 0. The first-order valence-corrected chi connectivity index (χ1v) is 7.75. The van der Waals surface area contributed by atoms with Crippen LogP contribution in [0.3, 0.4) is 0 Å². The van der Waals surface area contributed by atoms with Crippen LogP contribution in [0.5, 0.6) is 0 Å². The third kappa shape index (κ3) is 2.45. The van der Waals surface area contributed by atoms with Crippen molar-refractivity contribution in [1.82, 2.24) is 5.32 Å². The van der Waals surface area contributed by atoms with Crippen LogP contribution in [0.4, 0.5) is 0 Å². The number of aliphatic imine (C=N–C) groups is 1. The Morgan fingerprint density at radius 2 is 2.00 bits per heavy atom. The highest BCUT2D eigenvalue weighted by Gasteiger charge is 2.40. The molecule has 0 aromatic rings. The van der Waals surface area contributed by atoms with Crippen LogP contribution in [0, 0.1) is 5.41 Å². The number of alkyl halides is 1. The van der Waals surface area contributed by atoms with Crippen LogP contribution in [-0.4, -0.2) is 11.3 Å². The lowest BCUT2D eigenvalue weighted by Crippen LogP contribution is -2.41. The molecule has 0 aromatic heterocycles. The van der Waals surface area contributed by atoms with Crippen molar-refractivity contribution in [2.45, 2.75) is 71.2 Å². The molecule has 1 aliphatic carbocycles. The van der Waals surface area contributed by atoms with Crippen molar-refractivity contribution in [2.75, 3.05) is 0 Å². The summed E-state index contributed by atoms with van der Waals surface area (Å²) >= 11 is 6.43. The quantitative estimate of drug-likeness (QED) is 0.585. The minimum atomic E-state index is -0.130. The van der Waals surface area contributed by atoms with Crippen LogP contribution in [-0.2, 0) is 0 Å². The molecule has 1 aliphatic heterocycles. The van der Waals surface area contributed by atoms with Crippen molar-refractivity contribution in [3.63, 3.8) is 0 Å². The number of nitrogens with one attached hydrogen (secondary N) is 1. The van der Waals surface area contributed by atoms with Crippen LogP contribution < -0.4 is 5.32 Å². The molecule has 1 N–H and O–H groups in total. The average molecular weight is 269 g/mol. The Labute approximate surface area is 116 Å². The first-order chi connectivity index (χ1) is 8.63. The summed E-state index contributed by atoms with van der Waals surface area (Å²) in [6.45, 7) is 6.60. The number of hydrogen-bond acceptors (Lipinski definition) is 2. The van der Waals surface area contributed by atoms with Crippen molar-refractivity contribution in [3.05, 3.63) is 11.3 Å². The third-order valence-electron chi connectivity index (χ3n) is 4.31. The van der Waals surface area contributed by atoms with Gasteiger partial charge in [-0.25, -0.2) is 4.99 Å². The SMILES string of the molecule is CCCC1(CCC)CCCC2=C1NC(C)=NC2Cl. The average Bonchev–Trinajstić information content (AvgIpc) is 2.31. The van der Waals surface area contributed by atoms with Crippen molar-refractivity contribution >= 4 is 17.4 Å². The molecule has 0 saturated carbocycles. The first kappa shape index (κ1) is 13.9. The highest BCUT2D eigenvalue weighted by Crippen LogP contribution is 2.48. The Morgan fingerprint density at radius 3 is 2.61 bits per heavy atom. The van der Waals surface area contributed by atoms with Gasteiger partial charge < -0.3 is 5.32 Å². The van der Waals surface area contributed by atoms with Crippen molar-refractivity contribution < 1.29 is 0 Å². The Hall–Kier alpha value is -0.500. The predicted molar refractivity (Wildman–Crippen MR) is 79.0 cm³/mol. The van der Waals surface area contributed by atoms with Gasteiger partial charge in [0.1, 0.15) is 5.50 Å². The summed E-state index contributed by atoms with van der Waals surface area (Å²) in [5.41, 5.74) is 2.98. The molecular weight excluding hydrogens is 244 g/mol. The molecule has 2 rings (SSSR count). The highest BCUT2D eigenvalue weighted by molar-refractivity contribution is 6.23. The Balaban J connectivity index is 2.37. The van der Waals surface area contributed by atoms with Gasteiger partial charge in [0.15, 0.2) is 0 Å². The van der Waals surface area contributed by atoms with E-state index in [1.54, 1.807) is 0 Å². The van der Waals surface area contributed by atoms with Crippen LogP contribution in [0.25, 0.3) is 0 Å². The molecule has 0 radical (unpaired) electrons. The largest absolute Gasteiger partial charge is 0.347 e. The number of rotatable bonds is 4. The van der Waals surface area contributed by atoms with E-state index in [4.69, 9.17) is 11.6 Å². The molecular formula is C15H25ClN2. The number of allylic oxidation sites excluding steroid dienone is 1. The summed E-state index contributed by atoms with van der Waals surface area (Å²) in [5, 5.41) is 3.55. The Morgan fingerprint density at radius 1 is 1.33 bits per heavy atom. The molecule has 0 spiro atoms. The lowest BCUT2D eigenvalue weighted by atomic mass is 9.67. The molecule has 1 heterocycles. The van der Waals surface area contributed by atoms with E-state index in [1.807, 2.05) is 6.92 Å². The van der Waals surface area contributed by atoms with Gasteiger partial charge in [-0.05, 0) is 44.6 Å². The van der Waals surface area contributed by atoms with Gasteiger partial charge in [0, 0.05) is 11.1 Å². The lowest BCUT2D eigenvalue weighted by molar-refractivity contribution is 0.235. The van der Waals surface area contributed by atoms with Gasteiger partial charge in [0.05, 0.1) is 5.84 Å². The molecule has 102 valence electrons. The fourth-order valence-corrected chi connectivity index (χ4v) is 4.07. The van der Waals surface area contributed by atoms with E-state index in [2.05, 4.69) is 24.2 Å². The van der Waals surface area contributed by atoms with Crippen LogP contribution >= 0.6 is 11.6 Å². The Bertz CT molecular complexity index is 365. The predicted octanol–water partition coefficient (Wildman–Crippen LogP) is 4.60. The highest BCUT2D eigenvalue weighted by atomic mass is 35.5. The molecule has 3 heteroatoms.